The molecule has 3 heterocycles. The average molecular weight is 571 g/mol. The number of rotatable bonds is 5. The summed E-state index contributed by atoms with van der Waals surface area (Å²) in [5.74, 6) is -4.26. The van der Waals surface area contributed by atoms with Crippen LogP contribution in [0.3, 0.4) is 0 Å². The van der Waals surface area contributed by atoms with Crippen LogP contribution in [0.25, 0.3) is 22.0 Å². The van der Waals surface area contributed by atoms with Gasteiger partial charge in [-0.15, -0.1) is 0 Å². The van der Waals surface area contributed by atoms with E-state index in [2.05, 4.69) is 15.6 Å². The molecule has 0 atom stereocenters. The molecule has 42 heavy (non-hydrogen) atoms. The van der Waals surface area contributed by atoms with Crippen molar-refractivity contribution in [3.05, 3.63) is 107 Å². The SMILES string of the molecule is CC(C)(O)C(C)(C)c1ccc2c(c1)NC(=O)c1ccc(-c3cn(Cc4cc(F)c(F)c(F)c4)c4cnccc34)cc1N2. The molecule has 214 valence electrons. The third kappa shape index (κ3) is 4.59. The molecule has 6 nitrogen and oxygen atoms in total. The second kappa shape index (κ2) is 9.73. The van der Waals surface area contributed by atoms with E-state index in [0.29, 0.717) is 22.6 Å². The summed E-state index contributed by atoms with van der Waals surface area (Å²) in [6.45, 7) is 7.53. The Morgan fingerprint density at radius 1 is 0.857 bits per heavy atom. The number of pyridine rings is 1. The zero-order valence-electron chi connectivity index (χ0n) is 23.5. The van der Waals surface area contributed by atoms with Gasteiger partial charge in [0.2, 0.25) is 0 Å². The van der Waals surface area contributed by atoms with Crippen LogP contribution in [0.2, 0.25) is 0 Å². The molecule has 6 rings (SSSR count). The molecule has 5 aromatic rings. The van der Waals surface area contributed by atoms with Crippen molar-refractivity contribution in [2.75, 3.05) is 10.6 Å². The number of aromatic nitrogens is 2. The van der Waals surface area contributed by atoms with Crippen LogP contribution in [0.1, 0.15) is 49.2 Å². The van der Waals surface area contributed by atoms with E-state index in [1.165, 1.54) is 0 Å². The van der Waals surface area contributed by atoms with Crippen LogP contribution in [0.5, 0.6) is 0 Å². The average Bonchev–Trinajstić information content (AvgIpc) is 3.22. The Balaban J connectivity index is 1.39. The van der Waals surface area contributed by atoms with Gasteiger partial charge in [0.25, 0.3) is 5.91 Å². The van der Waals surface area contributed by atoms with Crippen LogP contribution < -0.4 is 10.6 Å². The van der Waals surface area contributed by atoms with Gasteiger partial charge in [-0.2, -0.15) is 0 Å². The summed E-state index contributed by atoms with van der Waals surface area (Å²) in [5.41, 5.74) is 4.32. The molecule has 1 amide bonds. The number of hydrogen-bond acceptors (Lipinski definition) is 4. The highest BCUT2D eigenvalue weighted by Gasteiger charge is 2.37. The lowest BCUT2D eigenvalue weighted by atomic mass is 9.72. The van der Waals surface area contributed by atoms with E-state index in [1.807, 2.05) is 56.4 Å². The molecule has 2 aromatic heterocycles. The van der Waals surface area contributed by atoms with Crippen LogP contribution in [0.15, 0.2) is 73.2 Å². The highest BCUT2D eigenvalue weighted by molar-refractivity contribution is 6.13. The molecule has 0 saturated heterocycles. The largest absolute Gasteiger partial charge is 0.390 e. The van der Waals surface area contributed by atoms with Gasteiger partial charge in [0.1, 0.15) is 0 Å². The Bertz CT molecular complexity index is 1870. The molecular weight excluding hydrogens is 541 g/mol. The maximum absolute atomic E-state index is 13.9. The maximum atomic E-state index is 13.9. The minimum absolute atomic E-state index is 0.0958. The molecule has 0 aliphatic carbocycles. The van der Waals surface area contributed by atoms with Crippen molar-refractivity contribution in [1.29, 1.82) is 0 Å². The molecule has 9 heteroatoms. The van der Waals surface area contributed by atoms with E-state index in [9.17, 15) is 23.1 Å². The fourth-order valence-corrected chi connectivity index (χ4v) is 5.24. The van der Waals surface area contributed by atoms with Crippen molar-refractivity contribution in [1.82, 2.24) is 9.55 Å². The van der Waals surface area contributed by atoms with Gasteiger partial charge in [-0.25, -0.2) is 13.2 Å². The summed E-state index contributed by atoms with van der Waals surface area (Å²) < 4.78 is 43.1. The lowest BCUT2D eigenvalue weighted by molar-refractivity contribution is 0.00967. The molecule has 0 fully saturated rings. The summed E-state index contributed by atoms with van der Waals surface area (Å²) in [6.07, 6.45) is 5.17. The second-order valence-corrected chi connectivity index (χ2v) is 11.7. The van der Waals surface area contributed by atoms with Crippen molar-refractivity contribution >= 4 is 33.9 Å². The van der Waals surface area contributed by atoms with Crippen LogP contribution in [-0.2, 0) is 12.0 Å². The van der Waals surface area contributed by atoms with E-state index in [0.717, 1.165) is 39.7 Å². The number of hydrogen-bond donors (Lipinski definition) is 3. The van der Waals surface area contributed by atoms with Crippen LogP contribution >= 0.6 is 0 Å². The first-order valence-electron chi connectivity index (χ1n) is 13.5. The summed E-state index contributed by atoms with van der Waals surface area (Å²) in [6, 6.07) is 15.0. The first-order valence-corrected chi connectivity index (χ1v) is 13.5. The molecule has 1 aliphatic heterocycles. The number of carbonyl (C=O) groups excluding carboxylic acids is 1. The number of nitrogens with zero attached hydrogens (tertiary/aromatic N) is 2. The molecule has 0 saturated carbocycles. The van der Waals surface area contributed by atoms with Crippen LogP contribution in [-0.4, -0.2) is 26.2 Å². The van der Waals surface area contributed by atoms with E-state index >= 15 is 0 Å². The third-order valence-electron chi connectivity index (χ3n) is 8.44. The van der Waals surface area contributed by atoms with Crippen LogP contribution in [0.4, 0.5) is 30.2 Å². The highest BCUT2D eigenvalue weighted by Crippen LogP contribution is 2.41. The summed E-state index contributed by atoms with van der Waals surface area (Å²) in [4.78, 5) is 17.5. The van der Waals surface area contributed by atoms with Gasteiger partial charge in [0, 0.05) is 35.3 Å². The lowest BCUT2D eigenvalue weighted by Gasteiger charge is -2.38. The fraction of sp³-hybridized carbons (Fsp3) is 0.212. The number of benzene rings is 3. The number of fused-ring (bicyclic) bond motifs is 3. The molecular formula is C33H29F3N4O2. The van der Waals surface area contributed by atoms with Gasteiger partial charge < -0.3 is 20.3 Å². The normalized spacial score (nSPS) is 13.3. The van der Waals surface area contributed by atoms with E-state index in [4.69, 9.17) is 0 Å². The Labute approximate surface area is 240 Å². The zero-order valence-corrected chi connectivity index (χ0v) is 23.5. The smallest absolute Gasteiger partial charge is 0.257 e. The van der Waals surface area contributed by atoms with Gasteiger partial charge >= 0.3 is 0 Å². The maximum Gasteiger partial charge on any atom is 0.257 e. The monoisotopic (exact) mass is 570 g/mol. The Morgan fingerprint density at radius 2 is 1.60 bits per heavy atom. The second-order valence-electron chi connectivity index (χ2n) is 11.7. The Hall–Kier alpha value is -4.63. The third-order valence-corrected chi connectivity index (χ3v) is 8.44. The molecule has 0 spiro atoms. The molecule has 3 N–H and O–H groups in total. The fourth-order valence-electron chi connectivity index (χ4n) is 5.24. The Morgan fingerprint density at radius 3 is 2.31 bits per heavy atom. The summed E-state index contributed by atoms with van der Waals surface area (Å²) in [5, 5.41) is 18.0. The summed E-state index contributed by atoms with van der Waals surface area (Å²) >= 11 is 0. The standard InChI is InChI=1S/C33H29F3N4O2/c1-32(2,33(3,4)42)20-6-8-26-28(14-20)39-31(41)22-7-5-19(13-27(22)38-26)23-17-40(29-15-37-10-9-21(23)29)16-18-11-24(34)30(36)25(35)12-18/h5-15,17,38,42H,16H2,1-4H3,(H,39,41). The van der Waals surface area contributed by atoms with Gasteiger partial charge in [-0.3, -0.25) is 9.78 Å². The van der Waals surface area contributed by atoms with E-state index < -0.39 is 28.5 Å². The molecule has 1 aliphatic rings. The molecule has 0 unspecified atom stereocenters. The number of nitrogens with one attached hydrogen (secondary N) is 2. The van der Waals surface area contributed by atoms with Crippen molar-refractivity contribution in [3.63, 3.8) is 0 Å². The number of amides is 1. The Kier molecular flexibility index (Phi) is 6.38. The van der Waals surface area contributed by atoms with Gasteiger partial charge in [-0.1, -0.05) is 26.0 Å². The number of anilines is 3. The minimum Gasteiger partial charge on any atom is -0.390 e. The van der Waals surface area contributed by atoms with E-state index in [1.54, 1.807) is 36.9 Å². The first kappa shape index (κ1) is 27.5. The van der Waals surface area contributed by atoms with Crippen LogP contribution in [0, 0.1) is 17.5 Å². The van der Waals surface area contributed by atoms with Crippen molar-refractivity contribution in [2.45, 2.75) is 45.3 Å². The molecule has 0 bridgehead atoms. The van der Waals surface area contributed by atoms with Crippen molar-refractivity contribution in [3.8, 4) is 11.1 Å². The number of carbonyl (C=O) groups is 1. The van der Waals surface area contributed by atoms with E-state index in [-0.39, 0.29) is 18.0 Å². The number of aliphatic hydroxyl groups is 1. The molecule has 0 radical (unpaired) electrons. The topological polar surface area (TPSA) is 79.2 Å². The predicted molar refractivity (Wildman–Crippen MR) is 158 cm³/mol. The van der Waals surface area contributed by atoms with Gasteiger partial charge in [0.15, 0.2) is 17.5 Å². The lowest BCUT2D eigenvalue weighted by Crippen LogP contribution is -2.42. The quantitative estimate of drug-likeness (QED) is 0.191. The highest BCUT2D eigenvalue weighted by atomic mass is 19.2. The minimum atomic E-state index is -1.50. The predicted octanol–water partition coefficient (Wildman–Crippen LogP) is 7.53. The zero-order chi connectivity index (χ0) is 30.0. The van der Waals surface area contributed by atoms with Crippen molar-refractivity contribution in [2.24, 2.45) is 0 Å². The molecule has 3 aromatic carbocycles. The first-order chi connectivity index (χ1) is 19.8. The van der Waals surface area contributed by atoms with Gasteiger partial charge in [0.05, 0.1) is 39.9 Å². The number of halogens is 3. The van der Waals surface area contributed by atoms with Gasteiger partial charge in [-0.05, 0) is 73.0 Å². The van der Waals surface area contributed by atoms with Crippen molar-refractivity contribution < 1.29 is 23.1 Å². The summed E-state index contributed by atoms with van der Waals surface area (Å²) in [7, 11) is 0.